The fraction of sp³-hybridized carbons (Fsp3) is 0.500. The van der Waals surface area contributed by atoms with Gasteiger partial charge in [0.2, 0.25) is 0 Å². The molecule has 1 aliphatic rings. The van der Waals surface area contributed by atoms with Crippen LogP contribution in [0, 0.1) is 0 Å². The third-order valence-electron chi connectivity index (χ3n) is 3.23. The minimum atomic E-state index is 0. The van der Waals surface area contributed by atoms with Gasteiger partial charge in [0.1, 0.15) is 6.04 Å². The molecule has 1 saturated heterocycles. The Bertz CT molecular complexity index is 298. The molecule has 3 heteroatoms. The maximum atomic E-state index is 3.47. The molecule has 1 N–H and O–H groups in total. The molecule has 0 aliphatic carbocycles. The average molecular weight is 318 g/mol. The van der Waals surface area contributed by atoms with Gasteiger partial charge in [0.05, 0.1) is 27.2 Å². The van der Waals surface area contributed by atoms with Gasteiger partial charge >= 0.3 is 0 Å². The topological polar surface area (TPSA) is 12.0 Å². The van der Waals surface area contributed by atoms with Crippen molar-refractivity contribution in [1.29, 1.82) is 0 Å². The monoisotopic (exact) mass is 318 g/mol. The third kappa shape index (κ3) is 2.92. The van der Waals surface area contributed by atoms with Gasteiger partial charge in [-0.25, -0.2) is 0 Å². The number of quaternary nitrogens is 1. The van der Waals surface area contributed by atoms with Gasteiger partial charge in [-0.15, -0.1) is 0 Å². The van der Waals surface area contributed by atoms with Gasteiger partial charge in [0.15, 0.2) is 0 Å². The highest BCUT2D eigenvalue weighted by molar-refractivity contribution is 5.18. The first-order chi connectivity index (χ1) is 6.70. The molecular formula is C12H19IN2. The van der Waals surface area contributed by atoms with E-state index in [1.807, 2.05) is 0 Å². The van der Waals surface area contributed by atoms with Crippen LogP contribution in [0.25, 0.3) is 0 Å². The summed E-state index contributed by atoms with van der Waals surface area (Å²) in [6.07, 6.45) is 0. The van der Waals surface area contributed by atoms with Crippen LogP contribution in [0.2, 0.25) is 0 Å². The zero-order chi connectivity index (χ0) is 10.0. The zero-order valence-corrected chi connectivity index (χ0v) is 11.6. The molecule has 1 unspecified atom stereocenters. The molecule has 15 heavy (non-hydrogen) atoms. The Balaban J connectivity index is 0.00000112. The summed E-state index contributed by atoms with van der Waals surface area (Å²) >= 11 is 0. The van der Waals surface area contributed by atoms with Gasteiger partial charge in [-0.1, -0.05) is 30.3 Å². The molecule has 2 nitrogen and oxygen atoms in total. The molecule has 0 aromatic heterocycles. The zero-order valence-electron chi connectivity index (χ0n) is 9.41. The highest BCUT2D eigenvalue weighted by Gasteiger charge is 2.32. The molecule has 0 spiro atoms. The average Bonchev–Trinajstić information content (AvgIpc) is 2.18. The van der Waals surface area contributed by atoms with Gasteiger partial charge in [-0.3, -0.25) is 0 Å². The summed E-state index contributed by atoms with van der Waals surface area (Å²) in [7, 11) is 4.64. The number of hydrogen-bond donors (Lipinski definition) is 1. The number of rotatable bonds is 1. The van der Waals surface area contributed by atoms with Crippen molar-refractivity contribution >= 4 is 0 Å². The van der Waals surface area contributed by atoms with Gasteiger partial charge in [-0.05, 0) is 0 Å². The van der Waals surface area contributed by atoms with Crippen LogP contribution in [0.3, 0.4) is 0 Å². The second kappa shape index (κ2) is 5.27. The lowest BCUT2D eigenvalue weighted by Gasteiger charge is -2.42. The molecule has 1 fully saturated rings. The summed E-state index contributed by atoms with van der Waals surface area (Å²) in [5.74, 6) is 0. The van der Waals surface area contributed by atoms with E-state index in [4.69, 9.17) is 0 Å². The quantitative estimate of drug-likeness (QED) is 0.486. The maximum absolute atomic E-state index is 3.47. The Hall–Kier alpha value is -0.130. The van der Waals surface area contributed by atoms with Crippen molar-refractivity contribution in [2.75, 3.05) is 33.7 Å². The number of nitrogens with one attached hydrogen (secondary N) is 1. The molecule has 1 aromatic rings. The fourth-order valence-corrected chi connectivity index (χ4v) is 2.21. The predicted molar refractivity (Wildman–Crippen MR) is 59.0 cm³/mol. The first-order valence-electron chi connectivity index (χ1n) is 5.28. The lowest BCUT2D eigenvalue weighted by molar-refractivity contribution is -0.923. The molecular weight excluding hydrogens is 299 g/mol. The van der Waals surface area contributed by atoms with Crippen molar-refractivity contribution in [2.45, 2.75) is 6.04 Å². The molecule has 1 atom stereocenters. The minimum Gasteiger partial charge on any atom is -1.00 e. The SMILES string of the molecule is C[N+]1(C)CCNCC1c1ccccc1.[I-]. The molecule has 84 valence electrons. The van der Waals surface area contributed by atoms with E-state index < -0.39 is 0 Å². The van der Waals surface area contributed by atoms with Crippen molar-refractivity contribution in [3.63, 3.8) is 0 Å². The Labute approximate surface area is 109 Å². The largest absolute Gasteiger partial charge is 1.00 e. The van der Waals surface area contributed by atoms with Gasteiger partial charge in [0.25, 0.3) is 0 Å². The molecule has 0 bridgehead atoms. The van der Waals surface area contributed by atoms with Crippen molar-refractivity contribution < 1.29 is 28.5 Å². The molecule has 0 radical (unpaired) electrons. The normalized spacial score (nSPS) is 24.3. The van der Waals surface area contributed by atoms with Crippen LogP contribution in [-0.2, 0) is 0 Å². The highest BCUT2D eigenvalue weighted by Crippen LogP contribution is 2.25. The van der Waals surface area contributed by atoms with Crippen molar-refractivity contribution in [2.24, 2.45) is 0 Å². The van der Waals surface area contributed by atoms with E-state index in [-0.39, 0.29) is 24.0 Å². The van der Waals surface area contributed by atoms with Crippen LogP contribution in [-0.4, -0.2) is 38.2 Å². The standard InChI is InChI=1S/C12H19N2.HI/c1-14(2)9-8-13-10-12(14)11-6-4-3-5-7-11;/h3-7,12-13H,8-10H2,1-2H3;1H/q+1;/p-1. The molecule has 1 heterocycles. The Morgan fingerprint density at radius 3 is 2.47 bits per heavy atom. The summed E-state index contributed by atoms with van der Waals surface area (Å²) in [6, 6.07) is 11.4. The maximum Gasteiger partial charge on any atom is 0.127 e. The molecule has 1 aromatic carbocycles. The van der Waals surface area contributed by atoms with E-state index in [0.717, 1.165) is 17.6 Å². The van der Waals surface area contributed by atoms with Gasteiger partial charge in [0, 0.05) is 12.1 Å². The van der Waals surface area contributed by atoms with Gasteiger partial charge in [-0.2, -0.15) is 0 Å². The smallest absolute Gasteiger partial charge is 0.127 e. The predicted octanol–water partition coefficient (Wildman–Crippen LogP) is -1.59. The van der Waals surface area contributed by atoms with Crippen LogP contribution < -0.4 is 29.3 Å². The molecule has 0 saturated carbocycles. The number of likely N-dealkylation sites (N-methyl/N-ethyl adjacent to an activating group) is 1. The van der Waals surface area contributed by atoms with E-state index in [2.05, 4.69) is 49.7 Å². The van der Waals surface area contributed by atoms with Crippen molar-refractivity contribution in [3.8, 4) is 0 Å². The molecule has 1 aliphatic heterocycles. The van der Waals surface area contributed by atoms with Crippen LogP contribution in [0.15, 0.2) is 30.3 Å². The Kier molecular flexibility index (Phi) is 4.55. The van der Waals surface area contributed by atoms with Gasteiger partial charge < -0.3 is 33.8 Å². The minimum absolute atomic E-state index is 0. The first-order valence-corrected chi connectivity index (χ1v) is 5.28. The number of hydrogen-bond acceptors (Lipinski definition) is 1. The summed E-state index contributed by atoms with van der Waals surface area (Å²) in [5.41, 5.74) is 1.45. The lowest BCUT2D eigenvalue weighted by Crippen LogP contribution is -3.00. The van der Waals surface area contributed by atoms with Crippen LogP contribution in [0.5, 0.6) is 0 Å². The van der Waals surface area contributed by atoms with E-state index >= 15 is 0 Å². The van der Waals surface area contributed by atoms with E-state index in [1.54, 1.807) is 0 Å². The summed E-state index contributed by atoms with van der Waals surface area (Å²) < 4.78 is 1.09. The third-order valence-corrected chi connectivity index (χ3v) is 3.23. The number of benzene rings is 1. The number of piperazine rings is 1. The fourth-order valence-electron chi connectivity index (χ4n) is 2.21. The Morgan fingerprint density at radius 1 is 1.20 bits per heavy atom. The summed E-state index contributed by atoms with van der Waals surface area (Å²) in [5, 5.41) is 3.47. The van der Waals surface area contributed by atoms with E-state index in [0.29, 0.717) is 6.04 Å². The van der Waals surface area contributed by atoms with E-state index in [1.165, 1.54) is 12.1 Å². The summed E-state index contributed by atoms with van der Waals surface area (Å²) in [4.78, 5) is 0. The second-order valence-electron chi connectivity index (χ2n) is 4.63. The van der Waals surface area contributed by atoms with Crippen LogP contribution in [0.4, 0.5) is 0 Å². The Morgan fingerprint density at radius 2 is 1.87 bits per heavy atom. The molecule has 2 rings (SSSR count). The lowest BCUT2D eigenvalue weighted by atomic mass is 10.0. The highest BCUT2D eigenvalue weighted by atomic mass is 127. The molecule has 0 amide bonds. The van der Waals surface area contributed by atoms with Crippen LogP contribution >= 0.6 is 0 Å². The van der Waals surface area contributed by atoms with Crippen LogP contribution in [0.1, 0.15) is 11.6 Å². The van der Waals surface area contributed by atoms with E-state index in [9.17, 15) is 0 Å². The van der Waals surface area contributed by atoms with Crippen molar-refractivity contribution in [3.05, 3.63) is 35.9 Å². The number of nitrogens with zero attached hydrogens (tertiary/aromatic N) is 1. The summed E-state index contributed by atoms with van der Waals surface area (Å²) in [6.45, 7) is 3.44. The number of halogens is 1. The second-order valence-corrected chi connectivity index (χ2v) is 4.63. The van der Waals surface area contributed by atoms with Crippen molar-refractivity contribution in [1.82, 2.24) is 5.32 Å². The first kappa shape index (κ1) is 12.9.